The van der Waals surface area contributed by atoms with Gasteiger partial charge in [0, 0.05) is 0 Å². The summed E-state index contributed by atoms with van der Waals surface area (Å²) in [6.07, 6.45) is 0. The van der Waals surface area contributed by atoms with Crippen LogP contribution in [-0.2, 0) is 0 Å². The van der Waals surface area contributed by atoms with Crippen molar-refractivity contribution in [2.24, 2.45) is 0 Å². The van der Waals surface area contributed by atoms with Gasteiger partial charge in [0.1, 0.15) is 0 Å². The molecule has 9 aromatic rings. The Labute approximate surface area is 277 Å². The maximum atomic E-state index is 2.56. The minimum absolute atomic E-state index is 0.119. The summed E-state index contributed by atoms with van der Waals surface area (Å²) >= 11 is 0.119. The van der Waals surface area contributed by atoms with Crippen LogP contribution >= 0.6 is 0 Å². The number of nitrogens with zero attached hydrogens (tertiary/aromatic N) is 3. The fourth-order valence-electron chi connectivity index (χ4n) is 8.97. The van der Waals surface area contributed by atoms with Crippen molar-refractivity contribution in [1.29, 1.82) is 0 Å². The SMILES string of the molecule is c1ccc(N2c3cccc4c3B3c5c2cccc5N(c2ccccc2)c2cc5c(c(c23)[Se]4)c2cccc3c4ccccc4n5c32)cc1. The van der Waals surface area contributed by atoms with Crippen LogP contribution in [0.1, 0.15) is 0 Å². The molecule has 3 aliphatic rings. The van der Waals surface area contributed by atoms with Crippen molar-refractivity contribution >= 4 is 119 Å². The number of hydrogen-bond donors (Lipinski definition) is 0. The molecule has 0 N–H and O–H groups in total. The molecule has 5 heteroatoms. The van der Waals surface area contributed by atoms with Crippen LogP contribution in [-0.4, -0.2) is 26.1 Å². The molecule has 2 aromatic heterocycles. The molecule has 3 aliphatic heterocycles. The third-order valence-electron chi connectivity index (χ3n) is 10.7. The zero-order valence-corrected chi connectivity index (χ0v) is 26.9. The minimum atomic E-state index is 0.119. The Balaban J connectivity index is 1.29. The standard InChI is InChI=1S/C42H24BN3Se/c1-3-12-25(13-4-1)44-31-20-10-21-32-38(31)43-39-33(44)22-11-23-36(39)47-42-37-29-18-9-17-28-27-16-7-8-19-30(27)46(41(28)29)34(37)24-35(40(42)43)45(32)26-14-5-2-6-15-26/h1-24H. The monoisotopic (exact) mass is 661 g/mol. The van der Waals surface area contributed by atoms with E-state index in [1.807, 2.05) is 0 Å². The van der Waals surface area contributed by atoms with Crippen molar-refractivity contribution in [3.63, 3.8) is 0 Å². The van der Waals surface area contributed by atoms with Gasteiger partial charge in [-0.2, -0.15) is 0 Å². The fourth-order valence-corrected chi connectivity index (χ4v) is 11.8. The van der Waals surface area contributed by atoms with E-state index in [9.17, 15) is 0 Å². The quantitative estimate of drug-likeness (QED) is 0.187. The average Bonchev–Trinajstić information content (AvgIpc) is 3.65. The van der Waals surface area contributed by atoms with Crippen LogP contribution in [0.2, 0.25) is 0 Å². The van der Waals surface area contributed by atoms with Gasteiger partial charge in [0.25, 0.3) is 0 Å². The number of anilines is 6. The molecule has 0 radical (unpaired) electrons. The van der Waals surface area contributed by atoms with Gasteiger partial charge in [-0.1, -0.05) is 0 Å². The van der Waals surface area contributed by atoms with Gasteiger partial charge in [-0.15, -0.1) is 0 Å². The van der Waals surface area contributed by atoms with E-state index in [-0.39, 0.29) is 21.7 Å². The van der Waals surface area contributed by atoms with E-state index < -0.39 is 0 Å². The number of fused-ring (bicyclic) bond motifs is 7. The molecule has 0 unspecified atom stereocenters. The third-order valence-corrected chi connectivity index (χ3v) is 13.2. The van der Waals surface area contributed by atoms with Crippen LogP contribution < -0.4 is 35.1 Å². The topological polar surface area (TPSA) is 10.9 Å². The summed E-state index contributed by atoms with van der Waals surface area (Å²) in [5, 5.41) is 5.47. The second kappa shape index (κ2) is 8.66. The molecule has 12 rings (SSSR count). The summed E-state index contributed by atoms with van der Waals surface area (Å²) in [7, 11) is 0. The van der Waals surface area contributed by atoms with E-state index in [0.717, 1.165) is 0 Å². The van der Waals surface area contributed by atoms with Gasteiger partial charge in [0.2, 0.25) is 0 Å². The van der Waals surface area contributed by atoms with E-state index in [4.69, 9.17) is 0 Å². The summed E-state index contributed by atoms with van der Waals surface area (Å²) in [4.78, 5) is 5.06. The summed E-state index contributed by atoms with van der Waals surface area (Å²) in [5.74, 6) is 0. The molecule has 0 fully saturated rings. The Morgan fingerprint density at radius 2 is 1.04 bits per heavy atom. The molecule has 216 valence electrons. The van der Waals surface area contributed by atoms with Gasteiger partial charge in [0.05, 0.1) is 0 Å². The molecule has 0 aliphatic carbocycles. The predicted molar refractivity (Wildman–Crippen MR) is 200 cm³/mol. The van der Waals surface area contributed by atoms with Crippen molar-refractivity contribution in [2.45, 2.75) is 0 Å². The Kier molecular flexibility index (Phi) is 4.55. The van der Waals surface area contributed by atoms with Gasteiger partial charge in [-0.05, 0) is 0 Å². The Morgan fingerprint density at radius 1 is 0.447 bits per heavy atom. The van der Waals surface area contributed by atoms with Gasteiger partial charge in [0.15, 0.2) is 0 Å². The molecule has 0 spiro atoms. The first-order chi connectivity index (χ1) is 23.4. The van der Waals surface area contributed by atoms with Crippen molar-refractivity contribution in [3.05, 3.63) is 146 Å². The van der Waals surface area contributed by atoms with Crippen molar-refractivity contribution in [1.82, 2.24) is 4.40 Å². The number of rotatable bonds is 2. The zero-order valence-electron chi connectivity index (χ0n) is 25.2. The number of aromatic nitrogens is 1. The third kappa shape index (κ3) is 2.92. The van der Waals surface area contributed by atoms with Crippen LogP contribution in [0.4, 0.5) is 34.1 Å². The number of hydrogen-bond acceptors (Lipinski definition) is 2. The second-order valence-corrected chi connectivity index (χ2v) is 15.1. The summed E-state index contributed by atoms with van der Waals surface area (Å²) < 4.78 is 5.59. The molecule has 0 atom stereocenters. The number of benzene rings is 7. The first-order valence-electron chi connectivity index (χ1n) is 16.2. The summed E-state index contributed by atoms with van der Waals surface area (Å²) in [5.41, 5.74) is 15.9. The normalized spacial score (nSPS) is 14.2. The number of para-hydroxylation sites is 4. The van der Waals surface area contributed by atoms with E-state index in [0.29, 0.717) is 0 Å². The van der Waals surface area contributed by atoms with E-state index >= 15 is 0 Å². The van der Waals surface area contributed by atoms with Gasteiger partial charge in [-0.3, -0.25) is 0 Å². The molecule has 5 heterocycles. The molecule has 47 heavy (non-hydrogen) atoms. The molecule has 0 saturated carbocycles. The van der Waals surface area contributed by atoms with E-state index in [2.05, 4.69) is 160 Å². The second-order valence-electron chi connectivity index (χ2n) is 12.9. The van der Waals surface area contributed by atoms with Crippen LogP contribution in [0.5, 0.6) is 0 Å². The van der Waals surface area contributed by atoms with E-state index in [1.165, 1.54) is 97.5 Å². The molecule has 0 bridgehead atoms. The Bertz CT molecular complexity index is 2790. The van der Waals surface area contributed by atoms with Crippen LogP contribution in [0, 0.1) is 0 Å². The van der Waals surface area contributed by atoms with Gasteiger partial charge < -0.3 is 0 Å². The van der Waals surface area contributed by atoms with Crippen LogP contribution in [0.3, 0.4) is 0 Å². The molecule has 7 aromatic carbocycles. The molecule has 0 saturated heterocycles. The molecule has 0 amide bonds. The first-order valence-corrected chi connectivity index (χ1v) is 18.0. The van der Waals surface area contributed by atoms with Crippen molar-refractivity contribution in [3.8, 4) is 0 Å². The molecule has 3 nitrogen and oxygen atoms in total. The fraction of sp³-hybridized carbons (Fsp3) is 0. The summed E-state index contributed by atoms with van der Waals surface area (Å²) in [6, 6.07) is 54.3. The van der Waals surface area contributed by atoms with Gasteiger partial charge >= 0.3 is 279 Å². The summed E-state index contributed by atoms with van der Waals surface area (Å²) in [6.45, 7) is 0.175. The predicted octanol–water partition coefficient (Wildman–Crippen LogP) is 6.89. The Morgan fingerprint density at radius 3 is 1.81 bits per heavy atom. The molecular weight excluding hydrogens is 636 g/mol. The zero-order chi connectivity index (χ0) is 30.4. The maximum absolute atomic E-state index is 2.56. The van der Waals surface area contributed by atoms with E-state index in [1.54, 1.807) is 0 Å². The Hall–Kier alpha value is -5.48. The van der Waals surface area contributed by atoms with Gasteiger partial charge in [-0.25, -0.2) is 0 Å². The average molecular weight is 660 g/mol. The van der Waals surface area contributed by atoms with Crippen LogP contribution in [0.15, 0.2) is 146 Å². The van der Waals surface area contributed by atoms with Crippen molar-refractivity contribution in [2.75, 3.05) is 9.80 Å². The van der Waals surface area contributed by atoms with Crippen molar-refractivity contribution < 1.29 is 0 Å². The first kappa shape index (κ1) is 24.7. The van der Waals surface area contributed by atoms with Crippen LogP contribution in [0.25, 0.3) is 38.1 Å². The molecular formula is C42H24BN3Se.